The Hall–Kier alpha value is -2.63. The van der Waals surface area contributed by atoms with Crippen LogP contribution in [0.4, 0.5) is 11.6 Å². The predicted molar refractivity (Wildman–Crippen MR) is 98.1 cm³/mol. The van der Waals surface area contributed by atoms with Crippen molar-refractivity contribution in [2.24, 2.45) is 0 Å². The summed E-state index contributed by atoms with van der Waals surface area (Å²) in [4.78, 5) is 21.0. The highest BCUT2D eigenvalue weighted by molar-refractivity contribution is 6.04. The third-order valence-corrected chi connectivity index (χ3v) is 4.29. The molecule has 0 bridgehead atoms. The molecule has 0 aliphatic heterocycles. The molecule has 2 aromatic rings. The number of carbonyl (C=O) groups excluding carboxylic acids is 1. The van der Waals surface area contributed by atoms with Crippen LogP contribution in [-0.4, -0.2) is 28.5 Å². The van der Waals surface area contributed by atoms with Gasteiger partial charge in [0.05, 0.1) is 17.9 Å². The Labute approximate surface area is 148 Å². The molecule has 1 fully saturated rings. The summed E-state index contributed by atoms with van der Waals surface area (Å²) in [5.41, 5.74) is 1.05. The van der Waals surface area contributed by atoms with E-state index in [-0.39, 0.29) is 5.91 Å². The number of nitrogens with one attached hydrogen (secondary N) is 2. The molecular formula is C19H24N4O2. The van der Waals surface area contributed by atoms with E-state index in [0.29, 0.717) is 35.6 Å². The number of amides is 1. The number of hydrogen-bond donors (Lipinski definition) is 2. The monoisotopic (exact) mass is 340 g/mol. The molecule has 1 aromatic heterocycles. The van der Waals surface area contributed by atoms with Gasteiger partial charge in [0.2, 0.25) is 5.95 Å². The van der Waals surface area contributed by atoms with Gasteiger partial charge in [0.15, 0.2) is 0 Å². The number of aromatic nitrogens is 2. The Balaban J connectivity index is 1.62. The van der Waals surface area contributed by atoms with Gasteiger partial charge in [-0.05, 0) is 31.9 Å². The summed E-state index contributed by atoms with van der Waals surface area (Å²) in [7, 11) is 0. The highest BCUT2D eigenvalue weighted by atomic mass is 16.5. The zero-order chi connectivity index (χ0) is 17.5. The van der Waals surface area contributed by atoms with Crippen LogP contribution in [0.5, 0.6) is 5.75 Å². The lowest BCUT2D eigenvalue weighted by Crippen LogP contribution is -2.23. The number of ether oxygens (including phenoxy) is 1. The van der Waals surface area contributed by atoms with E-state index in [0.717, 1.165) is 12.8 Å². The maximum absolute atomic E-state index is 12.4. The van der Waals surface area contributed by atoms with Crippen LogP contribution in [0.25, 0.3) is 0 Å². The number of benzene rings is 1. The van der Waals surface area contributed by atoms with Crippen LogP contribution in [0.2, 0.25) is 0 Å². The Kier molecular flexibility index (Phi) is 5.82. The van der Waals surface area contributed by atoms with Crippen molar-refractivity contribution in [2.45, 2.75) is 45.1 Å². The smallest absolute Gasteiger partial charge is 0.258 e. The molecule has 0 saturated heterocycles. The molecule has 3 rings (SSSR count). The number of anilines is 2. The number of para-hydroxylation sites is 2. The van der Waals surface area contributed by atoms with Crippen molar-refractivity contribution in [3.63, 3.8) is 0 Å². The first-order valence-electron chi connectivity index (χ1n) is 8.88. The first-order chi connectivity index (χ1) is 12.3. The fourth-order valence-electron chi connectivity index (χ4n) is 3.00. The molecule has 1 amide bonds. The van der Waals surface area contributed by atoms with Crippen molar-refractivity contribution in [3.05, 3.63) is 42.2 Å². The molecule has 1 aliphatic rings. The molecule has 1 aliphatic carbocycles. The Morgan fingerprint density at radius 1 is 1.16 bits per heavy atom. The number of rotatable bonds is 6. The highest BCUT2D eigenvalue weighted by Crippen LogP contribution is 2.24. The van der Waals surface area contributed by atoms with Crippen LogP contribution >= 0.6 is 0 Å². The van der Waals surface area contributed by atoms with Gasteiger partial charge in [-0.3, -0.25) is 4.79 Å². The average Bonchev–Trinajstić information content (AvgIpc) is 2.65. The van der Waals surface area contributed by atoms with Gasteiger partial charge < -0.3 is 15.4 Å². The van der Waals surface area contributed by atoms with Gasteiger partial charge in [0.25, 0.3) is 5.91 Å². The number of hydrogen-bond acceptors (Lipinski definition) is 5. The minimum Gasteiger partial charge on any atom is -0.492 e. The van der Waals surface area contributed by atoms with Crippen LogP contribution in [0.3, 0.4) is 0 Å². The fraction of sp³-hybridized carbons (Fsp3) is 0.421. The van der Waals surface area contributed by atoms with Gasteiger partial charge in [0.1, 0.15) is 5.75 Å². The van der Waals surface area contributed by atoms with Gasteiger partial charge in [-0.2, -0.15) is 0 Å². The first-order valence-corrected chi connectivity index (χ1v) is 8.88. The summed E-state index contributed by atoms with van der Waals surface area (Å²) in [5.74, 6) is 0.976. The molecule has 1 aromatic carbocycles. The minimum absolute atomic E-state index is 0.253. The lowest BCUT2D eigenvalue weighted by Gasteiger charge is -2.22. The maximum Gasteiger partial charge on any atom is 0.258 e. The fourth-order valence-corrected chi connectivity index (χ4v) is 3.00. The van der Waals surface area contributed by atoms with Crippen molar-refractivity contribution in [2.75, 3.05) is 17.2 Å². The summed E-state index contributed by atoms with van der Waals surface area (Å²) < 4.78 is 5.52. The Morgan fingerprint density at radius 3 is 2.60 bits per heavy atom. The summed E-state index contributed by atoms with van der Waals surface area (Å²) in [5, 5.41) is 6.20. The molecule has 0 unspecified atom stereocenters. The van der Waals surface area contributed by atoms with Gasteiger partial charge in [0, 0.05) is 18.4 Å². The average molecular weight is 340 g/mol. The zero-order valence-electron chi connectivity index (χ0n) is 14.5. The summed E-state index contributed by atoms with van der Waals surface area (Å²) in [6.45, 7) is 2.45. The zero-order valence-corrected chi connectivity index (χ0v) is 14.5. The van der Waals surface area contributed by atoms with Crippen molar-refractivity contribution in [1.29, 1.82) is 0 Å². The van der Waals surface area contributed by atoms with Crippen molar-refractivity contribution in [1.82, 2.24) is 9.97 Å². The lowest BCUT2D eigenvalue weighted by atomic mass is 9.96. The van der Waals surface area contributed by atoms with E-state index in [1.807, 2.05) is 31.2 Å². The summed E-state index contributed by atoms with van der Waals surface area (Å²) in [6, 6.07) is 7.79. The molecule has 2 N–H and O–H groups in total. The standard InChI is InChI=1S/C19H24N4O2/c1-2-25-17-11-7-6-10-16(17)23-18(24)14-12-20-19(21-13-14)22-15-8-4-3-5-9-15/h6-7,10-13,15H,2-5,8-9H2,1H3,(H,23,24)(H,20,21,22). The maximum atomic E-state index is 12.4. The second-order valence-electron chi connectivity index (χ2n) is 6.16. The molecule has 6 heteroatoms. The van der Waals surface area contributed by atoms with E-state index in [1.54, 1.807) is 12.4 Å². The molecule has 0 atom stereocenters. The van der Waals surface area contributed by atoms with Gasteiger partial charge in [-0.15, -0.1) is 0 Å². The van der Waals surface area contributed by atoms with E-state index >= 15 is 0 Å². The topological polar surface area (TPSA) is 76.1 Å². The Morgan fingerprint density at radius 2 is 1.88 bits per heavy atom. The second kappa shape index (κ2) is 8.46. The van der Waals surface area contributed by atoms with Crippen LogP contribution in [0.15, 0.2) is 36.7 Å². The Bertz CT molecular complexity index is 697. The third kappa shape index (κ3) is 4.68. The molecular weight excluding hydrogens is 316 g/mol. The quantitative estimate of drug-likeness (QED) is 0.835. The molecule has 6 nitrogen and oxygen atoms in total. The van der Waals surface area contributed by atoms with Gasteiger partial charge in [-0.1, -0.05) is 31.4 Å². The van der Waals surface area contributed by atoms with Crippen LogP contribution in [0, 0.1) is 0 Å². The summed E-state index contributed by atoms with van der Waals surface area (Å²) in [6.07, 6.45) is 9.21. The van der Waals surface area contributed by atoms with E-state index in [4.69, 9.17) is 4.74 Å². The minimum atomic E-state index is -0.253. The second-order valence-corrected chi connectivity index (χ2v) is 6.16. The normalized spacial score (nSPS) is 14.8. The van der Waals surface area contributed by atoms with Crippen LogP contribution in [-0.2, 0) is 0 Å². The van der Waals surface area contributed by atoms with Crippen molar-refractivity contribution in [3.8, 4) is 5.75 Å². The van der Waals surface area contributed by atoms with Crippen molar-refractivity contribution >= 4 is 17.5 Å². The van der Waals surface area contributed by atoms with E-state index in [1.165, 1.54) is 19.3 Å². The highest BCUT2D eigenvalue weighted by Gasteiger charge is 2.15. The van der Waals surface area contributed by atoms with E-state index in [9.17, 15) is 4.79 Å². The molecule has 1 heterocycles. The van der Waals surface area contributed by atoms with E-state index < -0.39 is 0 Å². The molecule has 0 spiro atoms. The molecule has 25 heavy (non-hydrogen) atoms. The molecule has 132 valence electrons. The third-order valence-electron chi connectivity index (χ3n) is 4.29. The van der Waals surface area contributed by atoms with Gasteiger partial charge in [-0.25, -0.2) is 9.97 Å². The van der Waals surface area contributed by atoms with Crippen LogP contribution in [0.1, 0.15) is 49.4 Å². The predicted octanol–water partition coefficient (Wildman–Crippen LogP) is 3.87. The molecule has 0 radical (unpaired) electrons. The summed E-state index contributed by atoms with van der Waals surface area (Å²) >= 11 is 0. The first kappa shape index (κ1) is 17.2. The largest absolute Gasteiger partial charge is 0.492 e. The number of carbonyl (C=O) groups is 1. The van der Waals surface area contributed by atoms with E-state index in [2.05, 4.69) is 20.6 Å². The van der Waals surface area contributed by atoms with Gasteiger partial charge >= 0.3 is 0 Å². The van der Waals surface area contributed by atoms with Crippen LogP contribution < -0.4 is 15.4 Å². The number of nitrogens with zero attached hydrogens (tertiary/aromatic N) is 2. The lowest BCUT2D eigenvalue weighted by molar-refractivity contribution is 0.102. The SMILES string of the molecule is CCOc1ccccc1NC(=O)c1cnc(NC2CCCCC2)nc1. The molecule has 1 saturated carbocycles. The van der Waals surface area contributed by atoms with Crippen molar-refractivity contribution < 1.29 is 9.53 Å².